The predicted molar refractivity (Wildman–Crippen MR) is 218 cm³/mol. The van der Waals surface area contributed by atoms with Gasteiger partial charge in [0, 0.05) is 48.7 Å². The summed E-state index contributed by atoms with van der Waals surface area (Å²) < 4.78 is 2.75. The Hall–Kier alpha value is -7.69. The maximum atomic E-state index is 13.5. The van der Waals surface area contributed by atoms with E-state index in [9.17, 15) is 83.4 Å². The van der Waals surface area contributed by atoms with E-state index >= 15 is 0 Å². The first kappa shape index (κ1) is 51.9. The summed E-state index contributed by atoms with van der Waals surface area (Å²) in [5.41, 5.74) is 4.98. The van der Waals surface area contributed by atoms with Crippen molar-refractivity contribution in [3.8, 4) is 0 Å². The number of hydrogen-bond acceptors (Lipinski definition) is 15. The third kappa shape index (κ3) is 14.1. The first-order valence-corrected chi connectivity index (χ1v) is 20.4. The Kier molecular flexibility index (Phi) is 17.4. The van der Waals surface area contributed by atoms with Crippen LogP contribution in [-0.4, -0.2) is 191 Å². The minimum atomic E-state index is -1.59. The van der Waals surface area contributed by atoms with E-state index in [-0.39, 0.29) is 50.5 Å². The number of aromatic nitrogens is 4. The maximum Gasteiger partial charge on any atom is 0.326 e. The Morgan fingerprint density at radius 1 is 0.642 bits per heavy atom. The predicted octanol–water partition coefficient (Wildman–Crippen LogP) is -3.71. The van der Waals surface area contributed by atoms with Crippen molar-refractivity contribution < 1.29 is 88.5 Å². The third-order valence-corrected chi connectivity index (χ3v) is 11.3. The number of nitrogens with one attached hydrogen (secondary N) is 3. The summed E-state index contributed by atoms with van der Waals surface area (Å²) in [6.07, 6.45) is 5.53. The normalized spacial score (nSPS) is 18.0. The molecule has 0 aromatic carbocycles. The van der Waals surface area contributed by atoms with Crippen molar-refractivity contribution in [2.75, 3.05) is 32.7 Å². The molecule has 67 heavy (non-hydrogen) atoms. The van der Waals surface area contributed by atoms with Crippen LogP contribution in [0.4, 0.5) is 4.79 Å². The molecule has 0 radical (unpaired) electrons. The number of fused-ring (bicyclic) bond motifs is 1. The molecule has 2 aromatic heterocycles. The number of unbranched alkanes of at least 4 members (excludes halogenated alkanes) is 1. The van der Waals surface area contributed by atoms with Crippen molar-refractivity contribution in [3.05, 3.63) is 36.4 Å². The number of nitrogens with two attached hydrogens (primary N) is 1. The van der Waals surface area contributed by atoms with Crippen LogP contribution in [0.25, 0.3) is 0 Å². The molecule has 2 saturated carbocycles. The smallest absolute Gasteiger partial charge is 0.326 e. The Bertz CT molecular complexity index is 2110. The number of urea groups is 1. The number of carbonyl (C=O) groups is 11. The first-order valence-electron chi connectivity index (χ1n) is 20.4. The number of carbonyl (C=O) groups excluding carboxylic acids is 4. The fraction of sp³-hybridized carbons (Fsp3) is 0.553. The Morgan fingerprint density at radius 3 is 1.48 bits per heavy atom. The number of rotatable bonds is 31. The van der Waals surface area contributed by atoms with Crippen LogP contribution in [0.3, 0.4) is 0 Å². The zero-order valence-electron chi connectivity index (χ0n) is 35.7. The monoisotopic (exact) mass is 949 g/mol. The number of amides is 5. The van der Waals surface area contributed by atoms with E-state index in [1.165, 1.54) is 33.9 Å². The molecule has 4 rings (SSSR count). The van der Waals surface area contributed by atoms with Crippen molar-refractivity contribution in [3.63, 3.8) is 0 Å². The number of carboxylic acids is 7. The summed E-state index contributed by atoms with van der Waals surface area (Å²) in [6.45, 7) is -4.66. The van der Waals surface area contributed by atoms with Crippen LogP contribution < -0.4 is 21.7 Å². The second-order valence-corrected chi connectivity index (χ2v) is 16.0. The van der Waals surface area contributed by atoms with E-state index in [0.717, 1.165) is 0 Å². The largest absolute Gasteiger partial charge is 0.481 e. The number of aliphatic carboxylic acids is 7. The standard InChI is InChI=1S/C38H51N11O18/c39-32(33(62)42-6-2-1-3-21(34(63)64)43-36(67)44-22(35(65)66)4-5-27(52)53)37-19-38(37,20-37)49(11-23-40-7-9-45(23)13-25(50)47(15-28(54)55)16-29(56)57)12-24-41-8-10-46(24)14-26(51)48(17-30(58)59)18-31(60)61/h7-10,21-22,32H,1-6,11-20,39H2,(H,42,62)(H,52,53)(H,54,55)(H,56,57)(H,58,59)(H,60,61)(H,63,64)(H,65,66)(H2,43,44,67)/t21-,22-,32+,37?,38?/m0/s1. The van der Waals surface area contributed by atoms with Crippen LogP contribution in [0.15, 0.2) is 24.8 Å². The summed E-state index contributed by atoms with van der Waals surface area (Å²) in [7, 11) is 0. The van der Waals surface area contributed by atoms with Gasteiger partial charge in [-0.1, -0.05) is 0 Å². The van der Waals surface area contributed by atoms with Crippen LogP contribution in [-0.2, 0) is 74.1 Å². The molecule has 0 saturated heterocycles. The van der Waals surface area contributed by atoms with Gasteiger partial charge in [-0.15, -0.1) is 0 Å². The molecule has 0 bridgehead atoms. The molecule has 0 unspecified atom stereocenters. The molecule has 2 fully saturated rings. The van der Waals surface area contributed by atoms with Crippen LogP contribution >= 0.6 is 0 Å². The lowest BCUT2D eigenvalue weighted by Gasteiger charge is -2.26. The number of nitrogens with zero attached hydrogens (tertiary/aromatic N) is 7. The molecule has 366 valence electrons. The molecule has 3 atom stereocenters. The van der Waals surface area contributed by atoms with Gasteiger partial charge in [0.2, 0.25) is 17.7 Å². The fourth-order valence-electron chi connectivity index (χ4n) is 7.72. The van der Waals surface area contributed by atoms with Crippen molar-refractivity contribution in [2.24, 2.45) is 11.1 Å². The summed E-state index contributed by atoms with van der Waals surface area (Å²) in [5, 5.41) is 71.6. The average Bonchev–Trinajstić information content (AvgIpc) is 3.89. The highest BCUT2D eigenvalue weighted by atomic mass is 16.4. The van der Waals surface area contributed by atoms with Crippen molar-refractivity contribution in [2.45, 2.75) is 94.8 Å². The van der Waals surface area contributed by atoms with Crippen LogP contribution in [0.1, 0.15) is 56.6 Å². The molecule has 0 aliphatic heterocycles. The number of carboxylic acid groups (broad SMARTS) is 7. The zero-order valence-corrected chi connectivity index (χ0v) is 35.7. The molecule has 29 nitrogen and oxygen atoms in total. The van der Waals surface area contributed by atoms with Crippen LogP contribution in [0, 0.1) is 5.41 Å². The number of hydrogen-bond donors (Lipinski definition) is 11. The Morgan fingerprint density at radius 2 is 1.07 bits per heavy atom. The van der Waals surface area contributed by atoms with Gasteiger partial charge in [0.1, 0.15) is 63.0 Å². The van der Waals surface area contributed by atoms with Crippen molar-refractivity contribution >= 4 is 65.5 Å². The molecule has 2 aromatic rings. The van der Waals surface area contributed by atoms with Gasteiger partial charge in [-0.3, -0.25) is 43.3 Å². The van der Waals surface area contributed by atoms with Gasteiger partial charge < -0.3 is 76.4 Å². The molecule has 12 N–H and O–H groups in total. The highest BCUT2D eigenvalue weighted by Gasteiger charge is 2.88. The molecule has 0 spiro atoms. The Balaban J connectivity index is 1.45. The van der Waals surface area contributed by atoms with E-state index in [0.29, 0.717) is 22.6 Å². The second kappa shape index (κ2) is 22.5. The molecule has 2 aliphatic rings. The van der Waals surface area contributed by atoms with Crippen LogP contribution in [0.2, 0.25) is 0 Å². The topological polar surface area (TPSA) is 437 Å². The summed E-state index contributed by atoms with van der Waals surface area (Å²) >= 11 is 0. The Labute approximate surface area is 378 Å². The van der Waals surface area contributed by atoms with E-state index < -0.39 is 147 Å². The lowest BCUT2D eigenvalue weighted by atomic mass is 10.0. The lowest BCUT2D eigenvalue weighted by Crippen LogP contribution is -2.51. The summed E-state index contributed by atoms with van der Waals surface area (Å²) in [6, 6.07) is -5.28. The molecule has 5 amide bonds. The minimum Gasteiger partial charge on any atom is -0.481 e. The average molecular weight is 950 g/mol. The quantitative estimate of drug-likeness (QED) is 0.0324. The summed E-state index contributed by atoms with van der Waals surface area (Å²) in [5.74, 6) is -11.8. The van der Waals surface area contributed by atoms with Crippen LogP contribution in [0.5, 0.6) is 0 Å². The van der Waals surface area contributed by atoms with Crippen molar-refractivity contribution in [1.82, 2.24) is 49.8 Å². The summed E-state index contributed by atoms with van der Waals surface area (Å²) in [4.78, 5) is 144. The van der Waals surface area contributed by atoms with Gasteiger partial charge >= 0.3 is 47.8 Å². The minimum absolute atomic E-state index is 0.0343. The van der Waals surface area contributed by atoms with E-state index in [4.69, 9.17) is 10.8 Å². The third-order valence-electron chi connectivity index (χ3n) is 11.3. The van der Waals surface area contributed by atoms with Gasteiger partial charge in [-0.25, -0.2) is 24.4 Å². The molecular formula is C38H51N11O18. The lowest BCUT2D eigenvalue weighted by molar-refractivity contribution is -0.150. The number of imidazole rings is 2. The van der Waals surface area contributed by atoms with Gasteiger partial charge in [-0.05, 0) is 38.5 Å². The van der Waals surface area contributed by atoms with E-state index in [1.54, 1.807) is 0 Å². The maximum absolute atomic E-state index is 13.5. The molecule has 2 heterocycles. The van der Waals surface area contributed by atoms with Gasteiger partial charge in [0.15, 0.2) is 0 Å². The molecule has 2 aliphatic carbocycles. The van der Waals surface area contributed by atoms with Crippen molar-refractivity contribution in [1.29, 1.82) is 0 Å². The highest BCUT2D eigenvalue weighted by Crippen LogP contribution is 2.83. The van der Waals surface area contributed by atoms with E-state index in [1.807, 2.05) is 10.2 Å². The molecular weight excluding hydrogens is 898 g/mol. The molecule has 29 heteroatoms. The van der Waals surface area contributed by atoms with Gasteiger partial charge in [0.25, 0.3) is 0 Å². The van der Waals surface area contributed by atoms with Gasteiger partial charge in [-0.2, -0.15) is 0 Å². The zero-order chi connectivity index (χ0) is 49.8. The fourth-order valence-corrected chi connectivity index (χ4v) is 7.72. The first-order chi connectivity index (χ1) is 31.5. The highest BCUT2D eigenvalue weighted by molar-refractivity contribution is 5.88. The van der Waals surface area contributed by atoms with Gasteiger partial charge in [0.05, 0.1) is 19.1 Å². The second-order valence-electron chi connectivity index (χ2n) is 16.0. The SMILES string of the molecule is N[C@H](C(=O)NCCCC[C@H](NC(=O)N[C@@H](CCC(=O)O)C(=O)O)C(=O)O)C12CC1(N(Cc1nccn1CC(=O)N(CC(=O)O)CC(=O)O)Cc1nccn1CC(=O)N(CC(=O)O)CC(=O)O)C2. The van der Waals surface area contributed by atoms with E-state index in [2.05, 4.69) is 20.6 Å².